The van der Waals surface area contributed by atoms with Gasteiger partial charge in [0, 0.05) is 12.4 Å². The van der Waals surface area contributed by atoms with E-state index in [1.165, 1.54) is 7.11 Å². The Kier molecular flexibility index (Phi) is 3.60. The van der Waals surface area contributed by atoms with E-state index in [9.17, 15) is 4.79 Å². The quantitative estimate of drug-likeness (QED) is 0.755. The molecule has 2 aromatic rings. The van der Waals surface area contributed by atoms with E-state index in [0.717, 1.165) is 5.56 Å². The van der Waals surface area contributed by atoms with E-state index in [1.54, 1.807) is 0 Å². The summed E-state index contributed by atoms with van der Waals surface area (Å²) in [6.07, 6.45) is 4.26. The molecule has 1 atom stereocenters. The smallest absolute Gasteiger partial charge is 0.307 e. The maximum Gasteiger partial charge on any atom is 0.307 e. The highest BCUT2D eigenvalue weighted by molar-refractivity contribution is 5.70. The van der Waals surface area contributed by atoms with Crippen LogP contribution in [0.25, 0.3) is 0 Å². The van der Waals surface area contributed by atoms with E-state index in [0.29, 0.717) is 6.42 Å². The van der Waals surface area contributed by atoms with Gasteiger partial charge in [-0.1, -0.05) is 30.3 Å². The maximum absolute atomic E-state index is 11.5. The van der Waals surface area contributed by atoms with Crippen molar-refractivity contribution in [1.82, 2.24) is 4.57 Å². The van der Waals surface area contributed by atoms with Gasteiger partial charge in [0.2, 0.25) is 0 Å². The fourth-order valence-corrected chi connectivity index (χ4v) is 1.87. The van der Waals surface area contributed by atoms with Crippen molar-refractivity contribution in [2.45, 2.75) is 12.5 Å². The zero-order valence-corrected chi connectivity index (χ0v) is 9.74. The van der Waals surface area contributed by atoms with Crippen molar-refractivity contribution in [2.24, 2.45) is 0 Å². The number of esters is 1. The summed E-state index contributed by atoms with van der Waals surface area (Å²) in [6.45, 7) is 0. The number of nitrogens with zero attached hydrogens (tertiary/aromatic N) is 1. The summed E-state index contributed by atoms with van der Waals surface area (Å²) in [7, 11) is 1.42. The van der Waals surface area contributed by atoms with Crippen molar-refractivity contribution < 1.29 is 9.53 Å². The molecule has 2 rings (SSSR count). The van der Waals surface area contributed by atoms with Gasteiger partial charge in [0.05, 0.1) is 19.6 Å². The van der Waals surface area contributed by atoms with E-state index in [4.69, 9.17) is 4.74 Å². The van der Waals surface area contributed by atoms with Gasteiger partial charge in [-0.3, -0.25) is 4.79 Å². The van der Waals surface area contributed by atoms with Crippen molar-refractivity contribution in [3.63, 3.8) is 0 Å². The van der Waals surface area contributed by atoms with Gasteiger partial charge in [0.25, 0.3) is 0 Å². The Morgan fingerprint density at radius 1 is 1.18 bits per heavy atom. The number of aromatic nitrogens is 1. The molecule has 3 heteroatoms. The van der Waals surface area contributed by atoms with Gasteiger partial charge in [-0.15, -0.1) is 0 Å². The van der Waals surface area contributed by atoms with Gasteiger partial charge in [0.15, 0.2) is 0 Å². The molecule has 0 amide bonds. The van der Waals surface area contributed by atoms with E-state index in [-0.39, 0.29) is 12.0 Å². The van der Waals surface area contributed by atoms with Gasteiger partial charge in [0.1, 0.15) is 0 Å². The second kappa shape index (κ2) is 5.34. The molecule has 17 heavy (non-hydrogen) atoms. The number of methoxy groups -OCH3 is 1. The summed E-state index contributed by atoms with van der Waals surface area (Å²) in [4.78, 5) is 11.5. The Balaban J connectivity index is 2.28. The summed E-state index contributed by atoms with van der Waals surface area (Å²) in [6, 6.07) is 13.9. The number of carbonyl (C=O) groups excluding carboxylic acids is 1. The Morgan fingerprint density at radius 3 is 2.41 bits per heavy atom. The molecular weight excluding hydrogens is 214 g/mol. The molecule has 0 aliphatic carbocycles. The lowest BCUT2D eigenvalue weighted by Gasteiger charge is -2.18. The molecule has 0 aliphatic rings. The topological polar surface area (TPSA) is 31.2 Å². The number of benzene rings is 1. The molecule has 1 heterocycles. The molecular formula is C14H15NO2. The highest BCUT2D eigenvalue weighted by atomic mass is 16.5. The average Bonchev–Trinajstić information content (AvgIpc) is 2.90. The molecule has 0 fully saturated rings. The van der Waals surface area contributed by atoms with Gasteiger partial charge in [-0.05, 0) is 17.7 Å². The molecule has 0 saturated heterocycles. The normalized spacial score (nSPS) is 12.1. The second-order valence-corrected chi connectivity index (χ2v) is 3.84. The second-order valence-electron chi connectivity index (χ2n) is 3.84. The summed E-state index contributed by atoms with van der Waals surface area (Å²) < 4.78 is 6.77. The monoisotopic (exact) mass is 229 g/mol. The lowest BCUT2D eigenvalue weighted by molar-refractivity contribution is -0.141. The van der Waals surface area contributed by atoms with Crippen LogP contribution in [-0.4, -0.2) is 17.6 Å². The van der Waals surface area contributed by atoms with Gasteiger partial charge < -0.3 is 9.30 Å². The number of carbonyl (C=O) groups is 1. The van der Waals surface area contributed by atoms with Crippen LogP contribution in [0.1, 0.15) is 18.0 Å². The summed E-state index contributed by atoms with van der Waals surface area (Å²) in [5.41, 5.74) is 1.11. The molecule has 0 spiro atoms. The predicted molar refractivity (Wildman–Crippen MR) is 65.6 cm³/mol. The summed E-state index contributed by atoms with van der Waals surface area (Å²) in [5, 5.41) is 0. The highest BCUT2D eigenvalue weighted by Gasteiger charge is 2.17. The first-order chi connectivity index (χ1) is 8.31. The van der Waals surface area contributed by atoms with Gasteiger partial charge in [-0.25, -0.2) is 0 Å². The van der Waals surface area contributed by atoms with Crippen molar-refractivity contribution in [3.8, 4) is 0 Å². The zero-order chi connectivity index (χ0) is 12.1. The zero-order valence-electron chi connectivity index (χ0n) is 9.74. The third kappa shape index (κ3) is 2.75. The van der Waals surface area contributed by atoms with Crippen LogP contribution in [0.15, 0.2) is 54.9 Å². The third-order valence-corrected chi connectivity index (χ3v) is 2.76. The first kappa shape index (κ1) is 11.5. The van der Waals surface area contributed by atoms with Crippen LogP contribution in [0.5, 0.6) is 0 Å². The van der Waals surface area contributed by atoms with Crippen LogP contribution in [0.4, 0.5) is 0 Å². The Morgan fingerprint density at radius 2 is 1.82 bits per heavy atom. The van der Waals surface area contributed by atoms with Crippen LogP contribution in [0.2, 0.25) is 0 Å². The molecule has 0 saturated carbocycles. The lowest BCUT2D eigenvalue weighted by atomic mass is 10.0. The lowest BCUT2D eigenvalue weighted by Crippen LogP contribution is -2.14. The van der Waals surface area contributed by atoms with Gasteiger partial charge >= 0.3 is 5.97 Å². The minimum absolute atomic E-state index is 0.00125. The number of ether oxygens (including phenoxy) is 1. The molecule has 3 nitrogen and oxygen atoms in total. The minimum Gasteiger partial charge on any atom is -0.469 e. The Labute approximate surface area is 101 Å². The number of hydrogen-bond donors (Lipinski definition) is 0. The van der Waals surface area contributed by atoms with Crippen molar-refractivity contribution in [2.75, 3.05) is 7.11 Å². The average molecular weight is 229 g/mol. The van der Waals surface area contributed by atoms with Crippen molar-refractivity contribution in [1.29, 1.82) is 0 Å². The molecule has 0 radical (unpaired) electrons. The number of hydrogen-bond acceptors (Lipinski definition) is 2. The summed E-state index contributed by atoms with van der Waals surface area (Å²) >= 11 is 0. The molecule has 0 aliphatic heterocycles. The van der Waals surface area contributed by atoms with Gasteiger partial charge in [-0.2, -0.15) is 0 Å². The number of rotatable bonds is 4. The fraction of sp³-hybridized carbons (Fsp3) is 0.214. The molecule has 1 unspecified atom stereocenters. The molecule has 0 N–H and O–H groups in total. The predicted octanol–water partition coefficient (Wildman–Crippen LogP) is 2.64. The largest absolute Gasteiger partial charge is 0.469 e. The van der Waals surface area contributed by atoms with E-state index in [1.807, 2.05) is 59.4 Å². The van der Waals surface area contributed by atoms with Crippen LogP contribution in [0, 0.1) is 0 Å². The molecule has 0 bridgehead atoms. The van der Waals surface area contributed by atoms with Crippen molar-refractivity contribution in [3.05, 3.63) is 60.4 Å². The minimum atomic E-state index is -0.201. The standard InChI is InChI=1S/C14H15NO2/c1-17-14(16)11-13(15-9-5-6-10-15)12-7-3-2-4-8-12/h2-10,13H,11H2,1H3. The molecule has 1 aromatic heterocycles. The first-order valence-electron chi connectivity index (χ1n) is 5.55. The van der Waals surface area contributed by atoms with Crippen LogP contribution >= 0.6 is 0 Å². The Bertz CT molecular complexity index is 462. The molecule has 88 valence electrons. The summed E-state index contributed by atoms with van der Waals surface area (Å²) in [5.74, 6) is -0.201. The SMILES string of the molecule is COC(=O)CC(c1ccccc1)n1cccc1. The van der Waals surface area contributed by atoms with E-state index >= 15 is 0 Å². The first-order valence-corrected chi connectivity index (χ1v) is 5.55. The van der Waals surface area contributed by atoms with Crippen molar-refractivity contribution >= 4 is 5.97 Å². The third-order valence-electron chi connectivity index (χ3n) is 2.76. The Hall–Kier alpha value is -2.03. The fourth-order valence-electron chi connectivity index (χ4n) is 1.87. The molecule has 1 aromatic carbocycles. The maximum atomic E-state index is 11.5. The van der Waals surface area contributed by atoms with Crippen LogP contribution in [0.3, 0.4) is 0 Å². The van der Waals surface area contributed by atoms with E-state index < -0.39 is 0 Å². The highest BCUT2D eigenvalue weighted by Crippen LogP contribution is 2.22. The van der Waals surface area contributed by atoms with E-state index in [2.05, 4.69) is 0 Å². The van der Waals surface area contributed by atoms with Crippen LogP contribution < -0.4 is 0 Å². The van der Waals surface area contributed by atoms with Crippen LogP contribution in [-0.2, 0) is 9.53 Å².